The maximum atomic E-state index is 10.4. The monoisotopic (exact) mass is 174 g/mol. The zero-order chi connectivity index (χ0) is 8.48. The fourth-order valence-electron chi connectivity index (χ4n) is 0.652. The van der Waals surface area contributed by atoms with Crippen LogP contribution in [0.25, 0.3) is 0 Å². The molecule has 11 heavy (non-hydrogen) atoms. The van der Waals surface area contributed by atoms with E-state index < -0.39 is 15.1 Å². The van der Waals surface area contributed by atoms with E-state index in [0.717, 1.165) is 10.7 Å². The van der Waals surface area contributed by atoms with Crippen molar-refractivity contribution in [3.8, 4) is 0 Å². The van der Waals surface area contributed by atoms with Gasteiger partial charge in [-0.1, -0.05) is 4.68 Å². The molecule has 60 valence electrons. The van der Waals surface area contributed by atoms with Gasteiger partial charge in [0.2, 0.25) is 6.20 Å². The summed E-state index contributed by atoms with van der Waals surface area (Å²) in [5, 5.41) is -0.444. The summed E-state index contributed by atoms with van der Waals surface area (Å²) in [6.45, 7) is 0. The van der Waals surface area contributed by atoms with Gasteiger partial charge in [-0.3, -0.25) is 0 Å². The lowest BCUT2D eigenvalue weighted by atomic mass is 10.5. The molecule has 5 nitrogen and oxygen atoms in total. The fraction of sp³-hybridized carbons (Fsp3) is 0. The number of nitrogens with two attached hydrogens (primary N) is 1. The van der Waals surface area contributed by atoms with Crippen molar-refractivity contribution in [1.82, 2.24) is 0 Å². The molecule has 0 aromatic carbocycles. The summed E-state index contributed by atoms with van der Waals surface area (Å²) in [4.78, 5) is 0. The Morgan fingerprint density at radius 1 is 1.45 bits per heavy atom. The SMILES string of the molecule is N[n+]1ccccc1S(=O)(=O)[O-]. The highest BCUT2D eigenvalue weighted by atomic mass is 32.2. The van der Waals surface area contributed by atoms with E-state index in [9.17, 15) is 13.0 Å². The van der Waals surface area contributed by atoms with E-state index in [0.29, 0.717) is 0 Å². The van der Waals surface area contributed by atoms with Crippen molar-refractivity contribution >= 4 is 10.1 Å². The normalized spacial score (nSPS) is 11.4. The van der Waals surface area contributed by atoms with Crippen LogP contribution in [-0.4, -0.2) is 13.0 Å². The van der Waals surface area contributed by atoms with Crippen molar-refractivity contribution in [3.63, 3.8) is 0 Å². The Morgan fingerprint density at radius 2 is 2.09 bits per heavy atom. The van der Waals surface area contributed by atoms with Crippen LogP contribution in [0.2, 0.25) is 0 Å². The van der Waals surface area contributed by atoms with Gasteiger partial charge in [0.1, 0.15) is 0 Å². The highest BCUT2D eigenvalue weighted by molar-refractivity contribution is 7.85. The van der Waals surface area contributed by atoms with E-state index >= 15 is 0 Å². The van der Waals surface area contributed by atoms with Crippen LogP contribution in [0.15, 0.2) is 29.4 Å². The number of nitrogen functional groups attached to an aromatic ring is 1. The molecule has 0 unspecified atom stereocenters. The molecule has 6 heteroatoms. The van der Waals surface area contributed by atoms with Crippen molar-refractivity contribution in [1.29, 1.82) is 0 Å². The molecule has 0 fully saturated rings. The summed E-state index contributed by atoms with van der Waals surface area (Å²) >= 11 is 0. The van der Waals surface area contributed by atoms with Crippen molar-refractivity contribution in [2.24, 2.45) is 0 Å². The topological polar surface area (TPSA) is 87.1 Å². The molecule has 2 N–H and O–H groups in total. The number of pyridine rings is 1. The van der Waals surface area contributed by atoms with E-state index in [4.69, 9.17) is 5.84 Å². The van der Waals surface area contributed by atoms with Gasteiger partial charge < -0.3 is 4.55 Å². The summed E-state index contributed by atoms with van der Waals surface area (Å²) in [5.74, 6) is 5.14. The van der Waals surface area contributed by atoms with Crippen LogP contribution in [0.3, 0.4) is 0 Å². The molecule has 0 aliphatic heterocycles. The van der Waals surface area contributed by atoms with Gasteiger partial charge in [0.05, 0.1) is 0 Å². The number of aromatic nitrogens is 1. The molecule has 0 aliphatic carbocycles. The summed E-state index contributed by atoms with van der Waals surface area (Å²) in [7, 11) is -4.45. The third-order valence-corrected chi connectivity index (χ3v) is 1.97. The largest absolute Gasteiger partial charge is 0.739 e. The van der Waals surface area contributed by atoms with Crippen LogP contribution in [-0.2, 0) is 10.1 Å². The van der Waals surface area contributed by atoms with Gasteiger partial charge in [-0.2, -0.15) is 0 Å². The summed E-state index contributed by atoms with van der Waals surface area (Å²) in [6.07, 6.45) is 1.28. The van der Waals surface area contributed by atoms with Crippen molar-refractivity contribution < 1.29 is 17.6 Å². The van der Waals surface area contributed by atoms with Gasteiger partial charge in [0.15, 0.2) is 10.1 Å². The van der Waals surface area contributed by atoms with Gasteiger partial charge in [0.25, 0.3) is 0 Å². The molecule has 1 aromatic heterocycles. The molecular formula is C5H6N2O3S. The molecule has 0 atom stereocenters. The average Bonchev–Trinajstić information content (AvgIpc) is 1.86. The molecule has 0 amide bonds. The quantitative estimate of drug-likeness (QED) is 0.322. The van der Waals surface area contributed by atoms with Gasteiger partial charge >= 0.3 is 5.03 Å². The first-order valence-electron chi connectivity index (χ1n) is 2.73. The molecule has 1 heterocycles. The van der Waals surface area contributed by atoms with E-state index in [1.165, 1.54) is 18.3 Å². The zero-order valence-corrected chi connectivity index (χ0v) is 6.28. The Balaban J connectivity index is 3.37. The Hall–Kier alpha value is -1.14. The average molecular weight is 174 g/mol. The molecule has 0 saturated carbocycles. The van der Waals surface area contributed by atoms with Crippen molar-refractivity contribution in [3.05, 3.63) is 24.4 Å². The number of nitrogens with zero attached hydrogens (tertiary/aromatic N) is 1. The predicted molar refractivity (Wildman–Crippen MR) is 34.8 cm³/mol. The molecule has 0 spiro atoms. The van der Waals surface area contributed by atoms with Crippen molar-refractivity contribution in [2.75, 3.05) is 5.84 Å². The first-order valence-corrected chi connectivity index (χ1v) is 4.14. The van der Waals surface area contributed by atoms with Gasteiger partial charge in [-0.15, -0.1) is 0 Å². The summed E-state index contributed by atoms with van der Waals surface area (Å²) < 4.78 is 32.0. The maximum absolute atomic E-state index is 10.4. The van der Waals surface area contributed by atoms with E-state index in [1.54, 1.807) is 0 Å². The number of hydrogen-bond acceptors (Lipinski definition) is 4. The summed E-state index contributed by atoms with van der Waals surface area (Å²) in [6, 6.07) is 4.09. The minimum Gasteiger partial charge on any atom is -0.739 e. The smallest absolute Gasteiger partial charge is 0.313 e. The lowest BCUT2D eigenvalue weighted by molar-refractivity contribution is -0.679. The Labute approximate surface area is 63.8 Å². The van der Waals surface area contributed by atoms with Gasteiger partial charge in [0, 0.05) is 12.1 Å². The predicted octanol–water partition coefficient (Wildman–Crippen LogP) is -1.41. The molecule has 1 aromatic rings. The Bertz CT molecular complexity index is 360. The van der Waals surface area contributed by atoms with Crippen LogP contribution in [0.5, 0.6) is 0 Å². The molecular weight excluding hydrogens is 168 g/mol. The van der Waals surface area contributed by atoms with Crippen LogP contribution >= 0.6 is 0 Å². The van der Waals surface area contributed by atoms with E-state index in [2.05, 4.69) is 0 Å². The van der Waals surface area contributed by atoms with Gasteiger partial charge in [-0.05, 0) is 6.07 Å². The second kappa shape index (κ2) is 2.48. The molecule has 0 saturated heterocycles. The third kappa shape index (κ3) is 1.66. The standard InChI is InChI=1S/C5H6N2O3S/c6-7-4-2-1-3-5(7)11(8,9)10/h1-4H,6H2. The lowest BCUT2D eigenvalue weighted by Crippen LogP contribution is -2.48. The lowest BCUT2D eigenvalue weighted by Gasteiger charge is -2.01. The fourth-order valence-corrected chi connectivity index (χ4v) is 1.22. The highest BCUT2D eigenvalue weighted by Crippen LogP contribution is 1.97. The molecule has 0 radical (unpaired) electrons. The van der Waals surface area contributed by atoms with E-state index in [-0.39, 0.29) is 0 Å². The molecule has 0 aliphatic rings. The second-order valence-electron chi connectivity index (χ2n) is 1.90. The Kier molecular flexibility index (Phi) is 1.79. The number of hydrogen-bond donors (Lipinski definition) is 1. The second-order valence-corrected chi connectivity index (χ2v) is 3.23. The van der Waals surface area contributed by atoms with Crippen LogP contribution in [0.1, 0.15) is 0 Å². The first-order chi connectivity index (χ1) is 5.02. The van der Waals surface area contributed by atoms with Crippen LogP contribution in [0, 0.1) is 0 Å². The van der Waals surface area contributed by atoms with Crippen LogP contribution in [0.4, 0.5) is 0 Å². The zero-order valence-electron chi connectivity index (χ0n) is 5.47. The highest BCUT2D eigenvalue weighted by Gasteiger charge is 2.12. The van der Waals surface area contributed by atoms with Crippen LogP contribution < -0.4 is 10.5 Å². The minimum absolute atomic E-state index is 0.444. The molecule has 0 bridgehead atoms. The summed E-state index contributed by atoms with van der Waals surface area (Å²) in [5.41, 5.74) is 0. The Morgan fingerprint density at radius 3 is 2.45 bits per heavy atom. The maximum Gasteiger partial charge on any atom is 0.313 e. The van der Waals surface area contributed by atoms with E-state index in [1.807, 2.05) is 0 Å². The minimum atomic E-state index is -4.45. The third-order valence-electron chi connectivity index (χ3n) is 1.11. The molecule has 1 rings (SSSR count). The van der Waals surface area contributed by atoms with Gasteiger partial charge in [-0.25, -0.2) is 14.3 Å². The van der Waals surface area contributed by atoms with Crippen molar-refractivity contribution in [2.45, 2.75) is 5.03 Å². The first kappa shape index (κ1) is 7.96. The number of rotatable bonds is 1.